The second-order valence-electron chi connectivity index (χ2n) is 4.05. The summed E-state index contributed by atoms with van der Waals surface area (Å²) in [5, 5.41) is 0. The molecule has 0 saturated carbocycles. The van der Waals surface area contributed by atoms with Gasteiger partial charge in [0.15, 0.2) is 0 Å². The van der Waals surface area contributed by atoms with Crippen molar-refractivity contribution in [2.45, 2.75) is 59.0 Å². The Labute approximate surface area is 90.2 Å². The molecular weight excluding hydrogens is 192 g/mol. The maximum absolute atomic E-state index is 6.00. The van der Waals surface area contributed by atoms with Crippen LogP contribution in [0, 0.1) is 0 Å². The summed E-state index contributed by atoms with van der Waals surface area (Å²) in [6.45, 7) is 14.6. The van der Waals surface area contributed by atoms with E-state index in [4.69, 9.17) is 8.85 Å². The fourth-order valence-corrected chi connectivity index (χ4v) is 5.89. The Bertz CT molecular complexity index is 142. The summed E-state index contributed by atoms with van der Waals surface area (Å²) < 4.78 is 12.0. The Kier molecular flexibility index (Phi) is 6.65. The predicted molar refractivity (Wildman–Crippen MR) is 63.8 cm³/mol. The molecule has 0 aromatic heterocycles. The van der Waals surface area contributed by atoms with E-state index >= 15 is 0 Å². The van der Waals surface area contributed by atoms with E-state index in [0.29, 0.717) is 11.1 Å². The van der Waals surface area contributed by atoms with E-state index in [2.05, 4.69) is 41.5 Å². The van der Waals surface area contributed by atoms with Gasteiger partial charge in [0.2, 0.25) is 0 Å². The molecule has 0 aliphatic carbocycles. The molecule has 0 bridgehead atoms. The van der Waals surface area contributed by atoms with E-state index in [1.54, 1.807) is 0 Å². The van der Waals surface area contributed by atoms with Crippen LogP contribution in [0.2, 0.25) is 11.1 Å². The number of hydrogen-bond acceptors (Lipinski definition) is 2. The molecule has 0 aromatic rings. The largest absolute Gasteiger partial charge is 0.394 e. The molecule has 0 aliphatic rings. The van der Waals surface area contributed by atoms with E-state index < -0.39 is 8.56 Å². The van der Waals surface area contributed by atoms with Crippen LogP contribution in [-0.4, -0.2) is 21.8 Å². The van der Waals surface area contributed by atoms with Crippen LogP contribution in [-0.2, 0) is 8.85 Å². The Morgan fingerprint density at radius 2 is 1.36 bits per heavy atom. The van der Waals surface area contributed by atoms with Crippen molar-refractivity contribution in [2.24, 2.45) is 0 Å². The first-order valence-corrected chi connectivity index (χ1v) is 7.80. The van der Waals surface area contributed by atoms with Crippen LogP contribution in [0.4, 0.5) is 0 Å². The third kappa shape index (κ3) is 3.07. The minimum atomic E-state index is -1.98. The molecule has 0 aliphatic heterocycles. The third-order valence-electron chi connectivity index (χ3n) is 2.84. The van der Waals surface area contributed by atoms with Crippen LogP contribution < -0.4 is 0 Å². The summed E-state index contributed by atoms with van der Waals surface area (Å²) in [5.74, 6) is 0. The van der Waals surface area contributed by atoms with Gasteiger partial charge in [-0.05, 0) is 24.9 Å². The van der Waals surface area contributed by atoms with Crippen molar-refractivity contribution in [3.05, 3.63) is 0 Å². The molecule has 2 nitrogen and oxygen atoms in total. The first kappa shape index (κ1) is 14.1. The van der Waals surface area contributed by atoms with Crippen LogP contribution in [0.1, 0.15) is 48.0 Å². The zero-order valence-electron chi connectivity index (χ0n) is 10.6. The quantitative estimate of drug-likeness (QED) is 0.606. The minimum Gasteiger partial charge on any atom is -0.394 e. The minimum absolute atomic E-state index is 0.525. The van der Waals surface area contributed by atoms with Gasteiger partial charge >= 0.3 is 8.56 Å². The first-order valence-electron chi connectivity index (χ1n) is 5.82. The van der Waals surface area contributed by atoms with E-state index in [1.807, 2.05) is 0 Å². The van der Waals surface area contributed by atoms with Gasteiger partial charge in [-0.15, -0.1) is 0 Å². The summed E-state index contributed by atoms with van der Waals surface area (Å²) in [6.07, 6.45) is 1.14. The molecule has 0 fully saturated rings. The summed E-state index contributed by atoms with van der Waals surface area (Å²) in [6, 6.07) is 0. The highest BCUT2D eigenvalue weighted by atomic mass is 28.4. The lowest BCUT2D eigenvalue weighted by molar-refractivity contribution is 0.165. The molecule has 3 heteroatoms. The Morgan fingerprint density at radius 1 is 0.929 bits per heavy atom. The maximum atomic E-state index is 6.00. The normalized spacial score (nSPS) is 14.8. The summed E-state index contributed by atoms with van der Waals surface area (Å²) in [7, 11) is -1.98. The maximum Gasteiger partial charge on any atom is 0.343 e. The van der Waals surface area contributed by atoms with Gasteiger partial charge in [0, 0.05) is 13.2 Å². The molecule has 0 spiro atoms. The van der Waals surface area contributed by atoms with E-state index in [-0.39, 0.29) is 0 Å². The summed E-state index contributed by atoms with van der Waals surface area (Å²) >= 11 is 0. The lowest BCUT2D eigenvalue weighted by atomic mass is 10.4. The number of rotatable bonds is 7. The summed E-state index contributed by atoms with van der Waals surface area (Å²) in [5.41, 5.74) is 1.10. The van der Waals surface area contributed by atoms with Crippen molar-refractivity contribution >= 4 is 8.56 Å². The van der Waals surface area contributed by atoms with Crippen molar-refractivity contribution in [1.82, 2.24) is 0 Å². The Hall–Kier alpha value is 0.137. The molecule has 0 heterocycles. The van der Waals surface area contributed by atoms with E-state index in [1.165, 1.54) is 0 Å². The lowest BCUT2D eigenvalue weighted by Crippen LogP contribution is -2.48. The van der Waals surface area contributed by atoms with Gasteiger partial charge in [-0.2, -0.15) is 0 Å². The molecule has 1 unspecified atom stereocenters. The van der Waals surface area contributed by atoms with Crippen LogP contribution in [0.25, 0.3) is 0 Å². The van der Waals surface area contributed by atoms with Gasteiger partial charge in [0.05, 0.1) is 0 Å². The standard InChI is InChI=1S/C11H26O2Si/c1-7-11(6)14(10(4)5,12-8-2)13-9-3/h10-11H,7-9H2,1-6H3. The molecule has 0 amide bonds. The van der Waals surface area contributed by atoms with Crippen molar-refractivity contribution in [3.8, 4) is 0 Å². The van der Waals surface area contributed by atoms with Gasteiger partial charge < -0.3 is 8.85 Å². The third-order valence-corrected chi connectivity index (χ3v) is 7.72. The zero-order chi connectivity index (χ0) is 11.2. The van der Waals surface area contributed by atoms with Crippen LogP contribution >= 0.6 is 0 Å². The Balaban J connectivity index is 4.72. The van der Waals surface area contributed by atoms with Crippen molar-refractivity contribution in [1.29, 1.82) is 0 Å². The molecule has 1 atom stereocenters. The molecule has 0 saturated heterocycles. The van der Waals surface area contributed by atoms with E-state index in [9.17, 15) is 0 Å². The SMILES string of the molecule is CCO[Si](OCC)(C(C)C)C(C)CC. The van der Waals surface area contributed by atoms with Gasteiger partial charge in [-0.1, -0.05) is 34.1 Å². The molecule has 0 radical (unpaired) electrons. The average molecular weight is 218 g/mol. The van der Waals surface area contributed by atoms with Gasteiger partial charge in [0.1, 0.15) is 0 Å². The van der Waals surface area contributed by atoms with Crippen molar-refractivity contribution in [3.63, 3.8) is 0 Å². The highest BCUT2D eigenvalue weighted by Crippen LogP contribution is 2.36. The zero-order valence-corrected chi connectivity index (χ0v) is 11.6. The Morgan fingerprint density at radius 3 is 1.57 bits per heavy atom. The topological polar surface area (TPSA) is 18.5 Å². The molecule has 0 aromatic carbocycles. The fourth-order valence-electron chi connectivity index (χ4n) is 1.96. The van der Waals surface area contributed by atoms with Crippen molar-refractivity contribution < 1.29 is 8.85 Å². The van der Waals surface area contributed by atoms with E-state index in [0.717, 1.165) is 19.6 Å². The summed E-state index contributed by atoms with van der Waals surface area (Å²) in [4.78, 5) is 0. The van der Waals surface area contributed by atoms with Gasteiger partial charge in [-0.25, -0.2) is 0 Å². The van der Waals surface area contributed by atoms with Crippen LogP contribution in [0.15, 0.2) is 0 Å². The van der Waals surface area contributed by atoms with Gasteiger partial charge in [0.25, 0.3) is 0 Å². The highest BCUT2D eigenvalue weighted by molar-refractivity contribution is 6.70. The first-order chi connectivity index (χ1) is 6.55. The molecular formula is C11H26O2Si. The van der Waals surface area contributed by atoms with Crippen molar-refractivity contribution in [2.75, 3.05) is 13.2 Å². The number of hydrogen-bond donors (Lipinski definition) is 0. The molecule has 86 valence electrons. The van der Waals surface area contributed by atoms with Gasteiger partial charge in [-0.3, -0.25) is 0 Å². The monoisotopic (exact) mass is 218 g/mol. The molecule has 0 rings (SSSR count). The van der Waals surface area contributed by atoms with Crippen LogP contribution in [0.3, 0.4) is 0 Å². The molecule has 0 N–H and O–H groups in total. The second-order valence-corrected chi connectivity index (χ2v) is 8.21. The fraction of sp³-hybridized carbons (Fsp3) is 1.00. The second kappa shape index (κ2) is 6.59. The van der Waals surface area contributed by atoms with Crippen LogP contribution in [0.5, 0.6) is 0 Å². The highest BCUT2D eigenvalue weighted by Gasteiger charge is 2.45. The molecule has 14 heavy (non-hydrogen) atoms. The average Bonchev–Trinajstić information content (AvgIpc) is 2.15. The predicted octanol–water partition coefficient (Wildman–Crippen LogP) is 3.71. The lowest BCUT2D eigenvalue weighted by Gasteiger charge is -2.38. The smallest absolute Gasteiger partial charge is 0.343 e.